The summed E-state index contributed by atoms with van der Waals surface area (Å²) in [4.78, 5) is 25.6. The van der Waals surface area contributed by atoms with Crippen molar-refractivity contribution in [3.63, 3.8) is 0 Å². The predicted molar refractivity (Wildman–Crippen MR) is 127 cm³/mol. The van der Waals surface area contributed by atoms with E-state index in [2.05, 4.69) is 20.4 Å². The molecule has 0 aliphatic heterocycles. The van der Waals surface area contributed by atoms with Gasteiger partial charge in [0.15, 0.2) is 5.75 Å². The van der Waals surface area contributed by atoms with Gasteiger partial charge in [0.2, 0.25) is 0 Å². The van der Waals surface area contributed by atoms with E-state index in [-0.39, 0.29) is 0 Å². The van der Waals surface area contributed by atoms with Gasteiger partial charge in [-0.05, 0) is 23.3 Å². The smallest absolute Gasteiger partial charge is 0.326 e. The standard InChI is InChI=1S/C26H22N4O3/c31-26(32)24(15-19-7-3-1-4-8-19)30-25-16-23(27-18-28-25)21-13-11-20(12-14-21)17-29-33-22-9-5-2-6-10-22/h1-14,16-18,24H,15H2,(H,31,32)(H,27,28,30)/b29-17+/t24-/m0/s1. The lowest BCUT2D eigenvalue weighted by atomic mass is 10.1. The minimum atomic E-state index is -0.944. The summed E-state index contributed by atoms with van der Waals surface area (Å²) < 4.78 is 0. The molecule has 1 aromatic heterocycles. The number of rotatable bonds is 9. The first-order valence-corrected chi connectivity index (χ1v) is 10.4. The minimum Gasteiger partial charge on any atom is -0.480 e. The third kappa shape index (κ3) is 6.24. The summed E-state index contributed by atoms with van der Waals surface area (Å²) in [6.45, 7) is 0. The maximum absolute atomic E-state index is 11.7. The Morgan fingerprint density at radius 1 is 0.970 bits per heavy atom. The third-order valence-electron chi connectivity index (χ3n) is 4.88. The van der Waals surface area contributed by atoms with Crippen LogP contribution in [-0.4, -0.2) is 33.3 Å². The van der Waals surface area contributed by atoms with E-state index in [1.807, 2.05) is 84.9 Å². The van der Waals surface area contributed by atoms with Gasteiger partial charge in [0, 0.05) is 18.1 Å². The second kappa shape index (κ2) is 10.7. The van der Waals surface area contributed by atoms with Crippen molar-refractivity contribution in [3.05, 3.63) is 108 Å². The lowest BCUT2D eigenvalue weighted by Crippen LogP contribution is -2.31. The Bertz CT molecular complexity index is 1210. The maximum atomic E-state index is 11.7. The van der Waals surface area contributed by atoms with Crippen LogP contribution >= 0.6 is 0 Å². The molecular formula is C26H22N4O3. The number of aromatic nitrogens is 2. The molecule has 2 N–H and O–H groups in total. The highest BCUT2D eigenvalue weighted by atomic mass is 16.6. The van der Waals surface area contributed by atoms with Crippen LogP contribution in [0.25, 0.3) is 11.3 Å². The van der Waals surface area contributed by atoms with Crippen molar-refractivity contribution in [1.82, 2.24) is 9.97 Å². The molecule has 1 heterocycles. The SMILES string of the molecule is O=C(O)[C@H](Cc1ccccc1)Nc1cc(-c2ccc(/C=N/Oc3ccccc3)cc2)ncn1. The monoisotopic (exact) mass is 438 g/mol. The number of para-hydroxylation sites is 1. The third-order valence-corrected chi connectivity index (χ3v) is 4.88. The quantitative estimate of drug-likeness (QED) is 0.291. The van der Waals surface area contributed by atoms with Crippen LogP contribution in [0.15, 0.2) is 102 Å². The number of carboxylic acid groups (broad SMARTS) is 1. The largest absolute Gasteiger partial charge is 0.480 e. The van der Waals surface area contributed by atoms with E-state index in [9.17, 15) is 9.90 Å². The molecule has 0 radical (unpaired) electrons. The molecule has 3 aromatic carbocycles. The highest BCUT2D eigenvalue weighted by Gasteiger charge is 2.18. The molecular weight excluding hydrogens is 416 g/mol. The molecule has 7 nitrogen and oxygen atoms in total. The van der Waals surface area contributed by atoms with Crippen molar-refractivity contribution in [2.24, 2.45) is 5.16 Å². The van der Waals surface area contributed by atoms with Gasteiger partial charge >= 0.3 is 5.97 Å². The molecule has 33 heavy (non-hydrogen) atoms. The number of aliphatic carboxylic acids is 1. The summed E-state index contributed by atoms with van der Waals surface area (Å²) >= 11 is 0. The lowest BCUT2D eigenvalue weighted by molar-refractivity contribution is -0.137. The summed E-state index contributed by atoms with van der Waals surface area (Å²) in [7, 11) is 0. The minimum absolute atomic E-state index is 0.342. The molecule has 0 amide bonds. The molecule has 0 aliphatic carbocycles. The molecule has 0 aliphatic rings. The summed E-state index contributed by atoms with van der Waals surface area (Å²) in [5.41, 5.74) is 3.35. The first kappa shape index (κ1) is 21.7. The Morgan fingerprint density at radius 3 is 2.36 bits per heavy atom. The topological polar surface area (TPSA) is 96.7 Å². The van der Waals surface area contributed by atoms with Gasteiger partial charge in [0.25, 0.3) is 0 Å². The van der Waals surface area contributed by atoms with Crippen LogP contribution in [0.4, 0.5) is 5.82 Å². The molecule has 7 heteroatoms. The van der Waals surface area contributed by atoms with Gasteiger partial charge in [0.05, 0.1) is 11.9 Å². The van der Waals surface area contributed by atoms with Crippen molar-refractivity contribution in [3.8, 4) is 17.0 Å². The van der Waals surface area contributed by atoms with Crippen molar-refractivity contribution in [2.45, 2.75) is 12.5 Å². The summed E-state index contributed by atoms with van der Waals surface area (Å²) in [6.07, 6.45) is 3.39. The lowest BCUT2D eigenvalue weighted by Gasteiger charge is -2.15. The zero-order chi connectivity index (χ0) is 22.9. The van der Waals surface area contributed by atoms with Crippen LogP contribution in [0.3, 0.4) is 0 Å². The van der Waals surface area contributed by atoms with E-state index >= 15 is 0 Å². The zero-order valence-electron chi connectivity index (χ0n) is 17.7. The average Bonchev–Trinajstić information content (AvgIpc) is 2.85. The van der Waals surface area contributed by atoms with Crippen LogP contribution in [0.1, 0.15) is 11.1 Å². The first-order valence-electron chi connectivity index (χ1n) is 10.4. The van der Waals surface area contributed by atoms with E-state index < -0.39 is 12.0 Å². The Hall–Kier alpha value is -4.52. The summed E-state index contributed by atoms with van der Waals surface area (Å²) in [6, 6.07) is 27.4. The van der Waals surface area contributed by atoms with Crippen molar-refractivity contribution >= 4 is 18.0 Å². The molecule has 0 saturated carbocycles. The summed E-state index contributed by atoms with van der Waals surface area (Å²) in [5.74, 6) is 0.170. The number of benzene rings is 3. The number of nitrogens with one attached hydrogen (secondary N) is 1. The fourth-order valence-electron chi connectivity index (χ4n) is 3.19. The molecule has 4 rings (SSSR count). The Morgan fingerprint density at radius 2 is 1.67 bits per heavy atom. The predicted octanol–water partition coefficient (Wildman–Crippen LogP) is 4.66. The Balaban J connectivity index is 1.43. The maximum Gasteiger partial charge on any atom is 0.326 e. The highest BCUT2D eigenvalue weighted by Crippen LogP contribution is 2.20. The van der Waals surface area contributed by atoms with Crippen LogP contribution < -0.4 is 10.2 Å². The van der Waals surface area contributed by atoms with Gasteiger partial charge in [-0.25, -0.2) is 14.8 Å². The second-order valence-corrected chi connectivity index (χ2v) is 7.27. The van der Waals surface area contributed by atoms with Crippen molar-refractivity contribution in [1.29, 1.82) is 0 Å². The van der Waals surface area contributed by atoms with Crippen LogP contribution in [-0.2, 0) is 11.2 Å². The normalized spacial score (nSPS) is 11.8. The number of carbonyl (C=O) groups is 1. The van der Waals surface area contributed by atoms with Gasteiger partial charge < -0.3 is 15.3 Å². The highest BCUT2D eigenvalue weighted by molar-refractivity contribution is 5.81. The van der Waals surface area contributed by atoms with Gasteiger partial charge in [0.1, 0.15) is 18.2 Å². The Kier molecular flexibility index (Phi) is 7.02. The van der Waals surface area contributed by atoms with E-state index in [0.717, 1.165) is 16.7 Å². The zero-order valence-corrected chi connectivity index (χ0v) is 17.7. The van der Waals surface area contributed by atoms with Crippen molar-refractivity contribution < 1.29 is 14.7 Å². The summed E-state index contributed by atoms with van der Waals surface area (Å²) in [5, 5.41) is 16.6. The number of anilines is 1. The van der Waals surface area contributed by atoms with E-state index in [1.54, 1.807) is 12.3 Å². The number of oxime groups is 1. The average molecular weight is 438 g/mol. The Labute approximate surface area is 191 Å². The number of nitrogens with zero attached hydrogens (tertiary/aromatic N) is 3. The molecule has 0 spiro atoms. The molecule has 1 atom stereocenters. The fourth-order valence-corrected chi connectivity index (χ4v) is 3.19. The van der Waals surface area contributed by atoms with Crippen molar-refractivity contribution in [2.75, 3.05) is 5.32 Å². The van der Waals surface area contributed by atoms with E-state index in [0.29, 0.717) is 23.7 Å². The van der Waals surface area contributed by atoms with Crippen LogP contribution in [0.2, 0.25) is 0 Å². The molecule has 0 fully saturated rings. The molecule has 0 bridgehead atoms. The molecule has 164 valence electrons. The van der Waals surface area contributed by atoms with Gasteiger partial charge in [-0.2, -0.15) is 0 Å². The van der Waals surface area contributed by atoms with E-state index in [1.165, 1.54) is 6.33 Å². The van der Waals surface area contributed by atoms with Crippen LogP contribution in [0, 0.1) is 0 Å². The molecule has 4 aromatic rings. The first-order chi connectivity index (χ1) is 16.2. The van der Waals surface area contributed by atoms with Crippen LogP contribution in [0.5, 0.6) is 5.75 Å². The number of hydrogen-bond donors (Lipinski definition) is 2. The number of carboxylic acids is 1. The van der Waals surface area contributed by atoms with Gasteiger partial charge in [-0.1, -0.05) is 78.0 Å². The van der Waals surface area contributed by atoms with E-state index in [4.69, 9.17) is 4.84 Å². The fraction of sp³-hybridized carbons (Fsp3) is 0.0769. The number of hydrogen-bond acceptors (Lipinski definition) is 6. The van der Waals surface area contributed by atoms with Gasteiger partial charge in [-0.3, -0.25) is 0 Å². The second-order valence-electron chi connectivity index (χ2n) is 7.27. The molecule has 0 saturated heterocycles. The van der Waals surface area contributed by atoms with Gasteiger partial charge in [-0.15, -0.1) is 0 Å². The molecule has 0 unspecified atom stereocenters.